The fourth-order valence-electron chi connectivity index (χ4n) is 3.36. The van der Waals surface area contributed by atoms with Gasteiger partial charge in [-0.3, -0.25) is 4.79 Å². The van der Waals surface area contributed by atoms with Gasteiger partial charge in [0.25, 0.3) is 0 Å². The number of halogens is 1. The molecule has 0 bridgehead atoms. The van der Waals surface area contributed by atoms with Crippen LogP contribution in [0.4, 0.5) is 5.69 Å². The standard InChI is InChI=1S/C22H28N4O3.HI/c1-4-23-22(24-14-21(27)25-18-8-6-5-7-9-18)26-11-10-16-12-19(28-2)20(29-3)13-17(16)15-26;/h5-9,12-13H,4,10-11,14-15H2,1-3H3,(H,23,24)(H,25,27);1H. The normalized spacial score (nSPS) is 13.0. The Hall–Kier alpha value is -2.49. The van der Waals surface area contributed by atoms with E-state index in [2.05, 4.69) is 20.5 Å². The van der Waals surface area contributed by atoms with Crippen molar-refractivity contribution in [2.75, 3.05) is 39.2 Å². The van der Waals surface area contributed by atoms with Gasteiger partial charge in [-0.2, -0.15) is 0 Å². The Labute approximate surface area is 194 Å². The molecule has 0 radical (unpaired) electrons. The van der Waals surface area contributed by atoms with Crippen molar-refractivity contribution in [3.63, 3.8) is 0 Å². The minimum Gasteiger partial charge on any atom is -0.493 e. The monoisotopic (exact) mass is 524 g/mol. The van der Waals surface area contributed by atoms with Gasteiger partial charge >= 0.3 is 0 Å². The van der Waals surface area contributed by atoms with Crippen LogP contribution in [0.3, 0.4) is 0 Å². The molecule has 162 valence electrons. The second-order valence-corrected chi connectivity index (χ2v) is 6.73. The van der Waals surface area contributed by atoms with Crippen LogP contribution in [0.15, 0.2) is 47.5 Å². The lowest BCUT2D eigenvalue weighted by molar-refractivity contribution is -0.114. The molecule has 2 aromatic carbocycles. The smallest absolute Gasteiger partial charge is 0.246 e. The summed E-state index contributed by atoms with van der Waals surface area (Å²) in [5.74, 6) is 2.06. The number of anilines is 1. The molecule has 0 saturated carbocycles. The number of para-hydroxylation sites is 1. The molecular weight excluding hydrogens is 495 g/mol. The summed E-state index contributed by atoms with van der Waals surface area (Å²) in [6, 6.07) is 13.5. The highest BCUT2D eigenvalue weighted by atomic mass is 127. The summed E-state index contributed by atoms with van der Waals surface area (Å²) >= 11 is 0. The molecule has 1 aliphatic rings. The third-order valence-electron chi connectivity index (χ3n) is 4.78. The molecule has 0 saturated heterocycles. The van der Waals surface area contributed by atoms with Crippen LogP contribution in [0, 0.1) is 0 Å². The number of benzene rings is 2. The fraction of sp³-hybridized carbons (Fsp3) is 0.364. The van der Waals surface area contributed by atoms with E-state index in [1.807, 2.05) is 49.4 Å². The molecular formula is C22H29IN4O3. The molecule has 0 fully saturated rings. The predicted octanol–water partition coefficient (Wildman–Crippen LogP) is 3.28. The molecule has 7 nitrogen and oxygen atoms in total. The number of carbonyl (C=O) groups is 1. The molecule has 1 heterocycles. The molecule has 0 spiro atoms. The highest BCUT2D eigenvalue weighted by Crippen LogP contribution is 2.33. The zero-order valence-electron chi connectivity index (χ0n) is 17.6. The minimum absolute atomic E-state index is 0. The molecule has 2 aromatic rings. The molecule has 3 rings (SSSR count). The predicted molar refractivity (Wildman–Crippen MR) is 130 cm³/mol. The van der Waals surface area contributed by atoms with Gasteiger partial charge in [0.1, 0.15) is 6.54 Å². The number of fused-ring (bicyclic) bond motifs is 1. The highest BCUT2D eigenvalue weighted by molar-refractivity contribution is 14.0. The van der Waals surface area contributed by atoms with Crippen LogP contribution in [0.1, 0.15) is 18.1 Å². The van der Waals surface area contributed by atoms with Crippen LogP contribution in [-0.4, -0.2) is 50.6 Å². The number of carbonyl (C=O) groups excluding carboxylic acids is 1. The van der Waals surface area contributed by atoms with Crippen molar-refractivity contribution in [1.29, 1.82) is 0 Å². The highest BCUT2D eigenvalue weighted by Gasteiger charge is 2.21. The summed E-state index contributed by atoms with van der Waals surface area (Å²) in [6.07, 6.45) is 0.871. The lowest BCUT2D eigenvalue weighted by Crippen LogP contribution is -2.44. The van der Waals surface area contributed by atoms with Gasteiger partial charge in [-0.15, -0.1) is 24.0 Å². The zero-order valence-corrected chi connectivity index (χ0v) is 19.9. The number of methoxy groups -OCH3 is 2. The van der Waals surface area contributed by atoms with Crippen LogP contribution >= 0.6 is 24.0 Å². The van der Waals surface area contributed by atoms with Crippen molar-refractivity contribution in [3.05, 3.63) is 53.6 Å². The first-order valence-electron chi connectivity index (χ1n) is 9.76. The molecule has 8 heteroatoms. The number of aliphatic imine (C=N–C) groups is 1. The van der Waals surface area contributed by atoms with E-state index in [-0.39, 0.29) is 36.4 Å². The second kappa shape index (κ2) is 11.6. The molecule has 1 amide bonds. The third kappa shape index (κ3) is 6.01. The lowest BCUT2D eigenvalue weighted by Gasteiger charge is -2.32. The number of nitrogens with zero attached hydrogens (tertiary/aromatic N) is 2. The Morgan fingerprint density at radius 1 is 1.10 bits per heavy atom. The largest absolute Gasteiger partial charge is 0.493 e. The maximum absolute atomic E-state index is 12.3. The maximum atomic E-state index is 12.3. The third-order valence-corrected chi connectivity index (χ3v) is 4.78. The maximum Gasteiger partial charge on any atom is 0.246 e. The van der Waals surface area contributed by atoms with E-state index in [1.165, 1.54) is 11.1 Å². The molecule has 0 unspecified atom stereocenters. The molecule has 1 aliphatic heterocycles. The quantitative estimate of drug-likeness (QED) is 0.345. The van der Waals surface area contributed by atoms with Crippen LogP contribution in [-0.2, 0) is 17.8 Å². The Kier molecular flexibility index (Phi) is 9.22. The molecule has 0 atom stereocenters. The first-order chi connectivity index (χ1) is 14.1. The Morgan fingerprint density at radius 3 is 2.40 bits per heavy atom. The van der Waals surface area contributed by atoms with Gasteiger partial charge in [-0.1, -0.05) is 18.2 Å². The number of hydrogen-bond acceptors (Lipinski definition) is 4. The number of nitrogens with one attached hydrogen (secondary N) is 2. The summed E-state index contributed by atoms with van der Waals surface area (Å²) < 4.78 is 10.8. The van der Waals surface area contributed by atoms with Gasteiger partial charge < -0.3 is 25.0 Å². The topological polar surface area (TPSA) is 75.2 Å². The van der Waals surface area contributed by atoms with E-state index in [9.17, 15) is 4.79 Å². The first kappa shape index (κ1) is 23.8. The summed E-state index contributed by atoms with van der Waals surface area (Å²) in [5.41, 5.74) is 3.19. The fourth-order valence-corrected chi connectivity index (χ4v) is 3.36. The van der Waals surface area contributed by atoms with Crippen LogP contribution in [0.2, 0.25) is 0 Å². The van der Waals surface area contributed by atoms with Crippen molar-refractivity contribution in [3.8, 4) is 11.5 Å². The molecule has 30 heavy (non-hydrogen) atoms. The number of hydrogen-bond donors (Lipinski definition) is 2. The van der Waals surface area contributed by atoms with E-state index in [4.69, 9.17) is 9.47 Å². The molecule has 0 aromatic heterocycles. The molecule has 0 aliphatic carbocycles. The number of amides is 1. The van der Waals surface area contributed by atoms with Gasteiger partial charge in [-0.05, 0) is 48.7 Å². The van der Waals surface area contributed by atoms with E-state index >= 15 is 0 Å². The van der Waals surface area contributed by atoms with Gasteiger partial charge in [-0.25, -0.2) is 4.99 Å². The van der Waals surface area contributed by atoms with E-state index in [1.54, 1.807) is 14.2 Å². The van der Waals surface area contributed by atoms with Crippen molar-refractivity contribution in [1.82, 2.24) is 10.2 Å². The number of guanidine groups is 1. The van der Waals surface area contributed by atoms with Crippen molar-refractivity contribution < 1.29 is 14.3 Å². The SMILES string of the molecule is CCNC(=NCC(=O)Nc1ccccc1)N1CCc2cc(OC)c(OC)cc2C1.I. The Morgan fingerprint density at radius 2 is 1.77 bits per heavy atom. The Bertz CT molecular complexity index is 874. The lowest BCUT2D eigenvalue weighted by atomic mass is 9.99. The Balaban J connectivity index is 0.00000320. The minimum atomic E-state index is -0.143. The number of rotatable bonds is 6. The van der Waals surface area contributed by atoms with Gasteiger partial charge in [0.05, 0.1) is 14.2 Å². The van der Waals surface area contributed by atoms with Crippen LogP contribution in [0.25, 0.3) is 0 Å². The second-order valence-electron chi connectivity index (χ2n) is 6.73. The van der Waals surface area contributed by atoms with E-state index < -0.39 is 0 Å². The van der Waals surface area contributed by atoms with Crippen LogP contribution in [0.5, 0.6) is 11.5 Å². The molecule has 2 N–H and O–H groups in total. The van der Waals surface area contributed by atoms with Crippen molar-refractivity contribution >= 4 is 41.5 Å². The van der Waals surface area contributed by atoms with Crippen molar-refractivity contribution in [2.45, 2.75) is 19.9 Å². The summed E-state index contributed by atoms with van der Waals surface area (Å²) in [7, 11) is 3.29. The first-order valence-corrected chi connectivity index (χ1v) is 9.76. The van der Waals surface area contributed by atoms with Gasteiger partial charge in [0, 0.05) is 25.3 Å². The van der Waals surface area contributed by atoms with E-state index in [0.717, 1.165) is 42.7 Å². The van der Waals surface area contributed by atoms with Gasteiger partial charge in [0.2, 0.25) is 5.91 Å². The van der Waals surface area contributed by atoms with Crippen LogP contribution < -0.4 is 20.1 Å². The number of ether oxygens (including phenoxy) is 2. The van der Waals surface area contributed by atoms with Crippen molar-refractivity contribution in [2.24, 2.45) is 4.99 Å². The summed E-state index contributed by atoms with van der Waals surface area (Å²) in [4.78, 5) is 19.0. The zero-order chi connectivity index (χ0) is 20.6. The average molecular weight is 524 g/mol. The average Bonchev–Trinajstić information content (AvgIpc) is 2.75. The van der Waals surface area contributed by atoms with E-state index in [0.29, 0.717) is 6.54 Å². The van der Waals surface area contributed by atoms with Gasteiger partial charge in [0.15, 0.2) is 17.5 Å². The summed E-state index contributed by atoms with van der Waals surface area (Å²) in [5, 5.41) is 6.16. The summed E-state index contributed by atoms with van der Waals surface area (Å²) in [6.45, 7) is 4.32.